The van der Waals surface area contributed by atoms with E-state index >= 15 is 0 Å². The molecule has 0 aliphatic heterocycles. The number of thioether (sulfide) groups is 1. The van der Waals surface area contributed by atoms with Gasteiger partial charge >= 0.3 is 0 Å². The van der Waals surface area contributed by atoms with Crippen molar-refractivity contribution in [2.45, 2.75) is 40.2 Å². The van der Waals surface area contributed by atoms with Crippen LogP contribution in [0.15, 0.2) is 24.3 Å². The molecule has 1 nitrogen and oxygen atoms in total. The maximum Gasteiger partial charge on any atom is 0.123 e. The van der Waals surface area contributed by atoms with Gasteiger partial charge in [-0.05, 0) is 47.6 Å². The van der Waals surface area contributed by atoms with E-state index in [4.69, 9.17) is 0 Å². The van der Waals surface area contributed by atoms with Gasteiger partial charge in [0, 0.05) is 6.04 Å². The Balaban J connectivity index is 2.60. The number of halogens is 1. The van der Waals surface area contributed by atoms with Crippen LogP contribution in [-0.2, 0) is 0 Å². The predicted molar refractivity (Wildman–Crippen MR) is 84.2 cm³/mol. The summed E-state index contributed by atoms with van der Waals surface area (Å²) in [5.41, 5.74) is 1.28. The van der Waals surface area contributed by atoms with E-state index in [1.807, 2.05) is 23.9 Å². The molecule has 1 N–H and O–H groups in total. The minimum Gasteiger partial charge on any atom is -0.309 e. The normalized spacial score (nSPS) is 13.5. The Morgan fingerprint density at radius 3 is 2.37 bits per heavy atom. The summed E-state index contributed by atoms with van der Waals surface area (Å²) in [5.74, 6) is 2.21. The largest absolute Gasteiger partial charge is 0.309 e. The first-order valence-corrected chi connectivity index (χ1v) is 8.17. The highest BCUT2D eigenvalue weighted by molar-refractivity contribution is 7.99. The van der Waals surface area contributed by atoms with Crippen molar-refractivity contribution in [1.82, 2.24) is 5.32 Å². The fourth-order valence-corrected chi connectivity index (χ4v) is 2.78. The van der Waals surface area contributed by atoms with Gasteiger partial charge in [0.15, 0.2) is 0 Å². The highest BCUT2D eigenvalue weighted by Crippen LogP contribution is 2.32. The third-order valence-electron chi connectivity index (χ3n) is 3.09. The summed E-state index contributed by atoms with van der Waals surface area (Å²) in [6.07, 6.45) is 1.17. The lowest BCUT2D eigenvalue weighted by Gasteiger charge is -2.32. The van der Waals surface area contributed by atoms with Gasteiger partial charge in [-0.3, -0.25) is 0 Å². The summed E-state index contributed by atoms with van der Waals surface area (Å²) >= 11 is 1.98. The average molecular weight is 283 g/mol. The van der Waals surface area contributed by atoms with Crippen molar-refractivity contribution in [3.05, 3.63) is 35.6 Å². The molecule has 1 aromatic carbocycles. The van der Waals surface area contributed by atoms with Crippen LogP contribution in [0, 0.1) is 11.2 Å². The third kappa shape index (κ3) is 5.96. The zero-order valence-electron chi connectivity index (χ0n) is 12.5. The van der Waals surface area contributed by atoms with Crippen molar-refractivity contribution < 1.29 is 4.39 Å². The molecular weight excluding hydrogens is 257 g/mol. The maximum atomic E-state index is 13.0. The van der Waals surface area contributed by atoms with E-state index in [0.29, 0.717) is 0 Å². The predicted octanol–water partition coefficient (Wildman–Crippen LogP) is 4.65. The van der Waals surface area contributed by atoms with E-state index in [2.05, 4.69) is 33.0 Å². The zero-order chi connectivity index (χ0) is 14.3. The van der Waals surface area contributed by atoms with Crippen LogP contribution in [0.4, 0.5) is 4.39 Å². The highest BCUT2D eigenvalue weighted by atomic mass is 32.2. The lowest BCUT2D eigenvalue weighted by Crippen LogP contribution is -2.33. The van der Waals surface area contributed by atoms with Gasteiger partial charge < -0.3 is 5.32 Å². The van der Waals surface area contributed by atoms with Crippen molar-refractivity contribution in [3.8, 4) is 0 Å². The van der Waals surface area contributed by atoms with Gasteiger partial charge in [-0.2, -0.15) is 11.8 Å². The molecule has 19 heavy (non-hydrogen) atoms. The van der Waals surface area contributed by atoms with Gasteiger partial charge in [-0.1, -0.05) is 39.8 Å². The van der Waals surface area contributed by atoms with Gasteiger partial charge in [0.25, 0.3) is 0 Å². The van der Waals surface area contributed by atoms with E-state index in [1.54, 1.807) is 12.1 Å². The molecule has 1 rings (SSSR count). The SMILES string of the molecule is CCSCCCNC(c1ccc(F)cc1)C(C)(C)C. The van der Waals surface area contributed by atoms with Crippen LogP contribution in [0.2, 0.25) is 0 Å². The number of nitrogens with one attached hydrogen (secondary N) is 1. The molecule has 0 saturated heterocycles. The molecule has 108 valence electrons. The van der Waals surface area contributed by atoms with E-state index in [1.165, 1.54) is 17.9 Å². The Labute approximate surface area is 121 Å². The summed E-state index contributed by atoms with van der Waals surface area (Å²) in [6.45, 7) is 9.85. The fourth-order valence-electron chi connectivity index (χ4n) is 2.14. The minimum absolute atomic E-state index is 0.121. The summed E-state index contributed by atoms with van der Waals surface area (Å²) < 4.78 is 13.0. The topological polar surface area (TPSA) is 12.0 Å². The van der Waals surface area contributed by atoms with Crippen molar-refractivity contribution >= 4 is 11.8 Å². The second-order valence-corrected chi connectivity index (χ2v) is 7.25. The maximum absolute atomic E-state index is 13.0. The Kier molecular flexibility index (Phi) is 6.87. The quantitative estimate of drug-likeness (QED) is 0.731. The van der Waals surface area contributed by atoms with Crippen LogP contribution in [0.3, 0.4) is 0 Å². The molecule has 1 unspecified atom stereocenters. The van der Waals surface area contributed by atoms with E-state index < -0.39 is 0 Å². The Bertz CT molecular complexity index is 356. The average Bonchev–Trinajstić information content (AvgIpc) is 2.34. The molecule has 1 atom stereocenters. The molecule has 1 aromatic rings. The first kappa shape index (κ1) is 16.5. The Morgan fingerprint density at radius 2 is 1.84 bits per heavy atom. The number of benzene rings is 1. The van der Waals surface area contributed by atoms with Gasteiger partial charge in [0.2, 0.25) is 0 Å². The molecule has 3 heteroatoms. The highest BCUT2D eigenvalue weighted by Gasteiger charge is 2.25. The minimum atomic E-state index is -0.171. The first-order chi connectivity index (χ1) is 8.95. The van der Waals surface area contributed by atoms with Gasteiger partial charge in [0.1, 0.15) is 5.82 Å². The lowest BCUT2D eigenvalue weighted by atomic mass is 9.82. The van der Waals surface area contributed by atoms with Crippen LogP contribution in [0.1, 0.15) is 45.7 Å². The van der Waals surface area contributed by atoms with Crippen molar-refractivity contribution in [2.24, 2.45) is 5.41 Å². The van der Waals surface area contributed by atoms with Crippen LogP contribution in [0.5, 0.6) is 0 Å². The van der Waals surface area contributed by atoms with Gasteiger partial charge in [-0.25, -0.2) is 4.39 Å². The van der Waals surface area contributed by atoms with E-state index in [9.17, 15) is 4.39 Å². The summed E-state index contributed by atoms with van der Waals surface area (Å²) in [5, 5.41) is 3.62. The molecule has 0 radical (unpaired) electrons. The molecule has 0 aliphatic rings. The number of hydrogen-bond donors (Lipinski definition) is 1. The molecule has 0 heterocycles. The standard InChI is InChI=1S/C16H26FNS/c1-5-19-12-6-11-18-15(16(2,3)4)13-7-9-14(17)10-8-13/h7-10,15,18H,5-6,11-12H2,1-4H3. The molecule has 0 aromatic heterocycles. The molecule has 0 spiro atoms. The summed E-state index contributed by atoms with van der Waals surface area (Å²) in [4.78, 5) is 0. The fraction of sp³-hybridized carbons (Fsp3) is 0.625. The Morgan fingerprint density at radius 1 is 1.21 bits per heavy atom. The van der Waals surface area contributed by atoms with Gasteiger partial charge in [0.05, 0.1) is 0 Å². The second kappa shape index (κ2) is 7.91. The first-order valence-electron chi connectivity index (χ1n) is 7.01. The Hall–Kier alpha value is -0.540. The molecule has 0 aliphatic carbocycles. The van der Waals surface area contributed by atoms with Crippen LogP contribution < -0.4 is 5.32 Å². The van der Waals surface area contributed by atoms with Crippen molar-refractivity contribution in [1.29, 1.82) is 0 Å². The monoisotopic (exact) mass is 283 g/mol. The van der Waals surface area contributed by atoms with Crippen molar-refractivity contribution in [2.75, 3.05) is 18.1 Å². The molecular formula is C16H26FNS. The van der Waals surface area contributed by atoms with Crippen LogP contribution >= 0.6 is 11.8 Å². The third-order valence-corrected chi connectivity index (χ3v) is 4.07. The van der Waals surface area contributed by atoms with E-state index in [0.717, 1.165) is 12.1 Å². The lowest BCUT2D eigenvalue weighted by molar-refractivity contribution is 0.273. The smallest absolute Gasteiger partial charge is 0.123 e. The number of rotatable bonds is 7. The van der Waals surface area contributed by atoms with Gasteiger partial charge in [-0.15, -0.1) is 0 Å². The number of hydrogen-bond acceptors (Lipinski definition) is 2. The summed E-state index contributed by atoms with van der Waals surface area (Å²) in [6, 6.07) is 7.13. The molecule has 0 saturated carbocycles. The van der Waals surface area contributed by atoms with Crippen LogP contribution in [-0.4, -0.2) is 18.1 Å². The van der Waals surface area contributed by atoms with E-state index in [-0.39, 0.29) is 17.3 Å². The van der Waals surface area contributed by atoms with Crippen molar-refractivity contribution in [3.63, 3.8) is 0 Å². The molecule has 0 fully saturated rings. The molecule has 0 amide bonds. The zero-order valence-corrected chi connectivity index (χ0v) is 13.3. The van der Waals surface area contributed by atoms with Crippen LogP contribution in [0.25, 0.3) is 0 Å². The second-order valence-electron chi connectivity index (χ2n) is 5.86. The summed E-state index contributed by atoms with van der Waals surface area (Å²) in [7, 11) is 0. The molecule has 0 bridgehead atoms.